The van der Waals surface area contributed by atoms with Gasteiger partial charge in [-0.3, -0.25) is 14.9 Å². The van der Waals surface area contributed by atoms with E-state index in [1.165, 1.54) is 30.3 Å². The van der Waals surface area contributed by atoms with Gasteiger partial charge in [0.05, 0.1) is 23.1 Å². The molecule has 130 valence electrons. The quantitative estimate of drug-likeness (QED) is 0.289. The van der Waals surface area contributed by atoms with Gasteiger partial charge in [-0.25, -0.2) is 0 Å². The van der Waals surface area contributed by atoms with E-state index in [4.69, 9.17) is 9.47 Å². The molecule has 2 aromatic carbocycles. The van der Waals surface area contributed by atoms with Gasteiger partial charge in [0.1, 0.15) is 0 Å². The number of non-ortho nitro benzene ring substituents is 1. The molecule has 6 nitrogen and oxygen atoms in total. The van der Waals surface area contributed by atoms with E-state index in [-0.39, 0.29) is 11.5 Å². The summed E-state index contributed by atoms with van der Waals surface area (Å²) < 4.78 is 11.5. The third-order valence-electron chi connectivity index (χ3n) is 3.33. The standard InChI is InChI=1S/C18H16BrNO5/c1-3-25-18-15(19)10-12(11-17(18)24-2)4-9-16(21)13-5-7-14(8-6-13)20(22)23/h4-11H,3H2,1-2H3. The highest BCUT2D eigenvalue weighted by atomic mass is 79.9. The zero-order valence-corrected chi connectivity index (χ0v) is 15.3. The Morgan fingerprint density at radius 1 is 1.28 bits per heavy atom. The Kier molecular flexibility index (Phi) is 6.30. The molecule has 0 amide bonds. The maximum absolute atomic E-state index is 12.2. The Morgan fingerprint density at radius 2 is 1.96 bits per heavy atom. The van der Waals surface area contributed by atoms with Crippen LogP contribution >= 0.6 is 15.9 Å². The maximum Gasteiger partial charge on any atom is 0.269 e. The Labute approximate surface area is 153 Å². The molecule has 0 N–H and O–H groups in total. The van der Waals surface area contributed by atoms with Crippen LogP contribution in [0.2, 0.25) is 0 Å². The van der Waals surface area contributed by atoms with Crippen LogP contribution in [0.25, 0.3) is 6.08 Å². The van der Waals surface area contributed by atoms with Crippen molar-refractivity contribution in [1.82, 2.24) is 0 Å². The van der Waals surface area contributed by atoms with Crippen molar-refractivity contribution in [3.05, 3.63) is 68.2 Å². The van der Waals surface area contributed by atoms with E-state index in [1.807, 2.05) is 13.0 Å². The molecule has 0 saturated carbocycles. The molecular formula is C18H16BrNO5. The number of hydrogen-bond donors (Lipinski definition) is 0. The van der Waals surface area contributed by atoms with Gasteiger partial charge in [-0.2, -0.15) is 0 Å². The van der Waals surface area contributed by atoms with Crippen molar-refractivity contribution in [2.75, 3.05) is 13.7 Å². The van der Waals surface area contributed by atoms with Gasteiger partial charge < -0.3 is 9.47 Å². The number of hydrogen-bond acceptors (Lipinski definition) is 5. The number of benzene rings is 2. The minimum atomic E-state index is -0.506. The molecule has 2 rings (SSSR count). The minimum Gasteiger partial charge on any atom is -0.493 e. The Balaban J connectivity index is 2.21. The maximum atomic E-state index is 12.2. The number of ketones is 1. The highest BCUT2D eigenvalue weighted by Gasteiger charge is 2.11. The molecule has 0 aliphatic heterocycles. The molecular weight excluding hydrogens is 390 g/mol. The summed E-state index contributed by atoms with van der Waals surface area (Å²) in [7, 11) is 1.54. The van der Waals surface area contributed by atoms with Gasteiger partial charge in [-0.1, -0.05) is 6.08 Å². The molecule has 0 fully saturated rings. The zero-order valence-electron chi connectivity index (χ0n) is 13.7. The second kappa shape index (κ2) is 8.43. The monoisotopic (exact) mass is 405 g/mol. The first-order valence-corrected chi connectivity index (χ1v) is 8.22. The molecule has 0 aliphatic rings. The third-order valence-corrected chi connectivity index (χ3v) is 3.92. The van der Waals surface area contributed by atoms with E-state index >= 15 is 0 Å². The molecule has 0 aromatic heterocycles. The van der Waals surface area contributed by atoms with Crippen LogP contribution in [0.15, 0.2) is 46.9 Å². The smallest absolute Gasteiger partial charge is 0.269 e. The first-order valence-electron chi connectivity index (χ1n) is 7.43. The van der Waals surface area contributed by atoms with Crippen LogP contribution in [-0.4, -0.2) is 24.4 Å². The Morgan fingerprint density at radius 3 is 2.52 bits per heavy atom. The summed E-state index contributed by atoms with van der Waals surface area (Å²) in [6.07, 6.45) is 3.05. The predicted molar refractivity (Wildman–Crippen MR) is 98.3 cm³/mol. The minimum absolute atomic E-state index is 0.0549. The van der Waals surface area contributed by atoms with E-state index < -0.39 is 4.92 Å². The van der Waals surface area contributed by atoms with Crippen molar-refractivity contribution in [3.63, 3.8) is 0 Å². The molecule has 0 heterocycles. The van der Waals surface area contributed by atoms with E-state index in [0.717, 1.165) is 10.0 Å². The van der Waals surface area contributed by atoms with E-state index in [2.05, 4.69) is 15.9 Å². The van der Waals surface area contributed by atoms with Crippen LogP contribution in [0.5, 0.6) is 11.5 Å². The fourth-order valence-corrected chi connectivity index (χ4v) is 2.71. The van der Waals surface area contributed by atoms with Gasteiger partial charge in [0.25, 0.3) is 5.69 Å². The van der Waals surface area contributed by atoms with Gasteiger partial charge in [0, 0.05) is 17.7 Å². The highest BCUT2D eigenvalue weighted by molar-refractivity contribution is 9.10. The number of ether oxygens (including phenoxy) is 2. The van der Waals surface area contributed by atoms with Crippen LogP contribution in [0.4, 0.5) is 5.69 Å². The number of carbonyl (C=O) groups excluding carboxylic acids is 1. The van der Waals surface area contributed by atoms with E-state index in [0.29, 0.717) is 23.7 Å². The number of methoxy groups -OCH3 is 1. The summed E-state index contributed by atoms with van der Waals surface area (Å²) in [5.41, 5.74) is 1.07. The summed E-state index contributed by atoms with van der Waals surface area (Å²) in [6.45, 7) is 2.38. The van der Waals surface area contributed by atoms with Crippen LogP contribution in [0, 0.1) is 10.1 Å². The van der Waals surface area contributed by atoms with Crippen LogP contribution < -0.4 is 9.47 Å². The van der Waals surface area contributed by atoms with Crippen LogP contribution in [-0.2, 0) is 0 Å². The van der Waals surface area contributed by atoms with Crippen LogP contribution in [0.1, 0.15) is 22.8 Å². The summed E-state index contributed by atoms with van der Waals surface area (Å²) >= 11 is 3.43. The van der Waals surface area contributed by atoms with Crippen molar-refractivity contribution < 1.29 is 19.2 Å². The zero-order chi connectivity index (χ0) is 18.4. The summed E-state index contributed by atoms with van der Waals surface area (Å²) in [5, 5.41) is 10.6. The average Bonchev–Trinajstić information content (AvgIpc) is 2.61. The number of carbonyl (C=O) groups is 1. The molecule has 0 atom stereocenters. The normalized spacial score (nSPS) is 10.7. The summed E-state index contributed by atoms with van der Waals surface area (Å²) in [4.78, 5) is 22.3. The van der Waals surface area contributed by atoms with Crippen LogP contribution in [0.3, 0.4) is 0 Å². The largest absolute Gasteiger partial charge is 0.493 e. The molecule has 0 aliphatic carbocycles. The lowest BCUT2D eigenvalue weighted by Gasteiger charge is -2.12. The average molecular weight is 406 g/mol. The number of allylic oxidation sites excluding steroid dienone is 1. The molecule has 7 heteroatoms. The van der Waals surface area contributed by atoms with Gasteiger partial charge >= 0.3 is 0 Å². The lowest BCUT2D eigenvalue weighted by Crippen LogP contribution is -1.97. The van der Waals surface area contributed by atoms with Crippen molar-refractivity contribution >= 4 is 33.5 Å². The lowest BCUT2D eigenvalue weighted by molar-refractivity contribution is -0.384. The number of halogens is 1. The molecule has 25 heavy (non-hydrogen) atoms. The third kappa shape index (κ3) is 4.67. The van der Waals surface area contributed by atoms with Crippen molar-refractivity contribution in [3.8, 4) is 11.5 Å². The first-order chi connectivity index (χ1) is 12.0. The number of nitro groups is 1. The highest BCUT2D eigenvalue weighted by Crippen LogP contribution is 2.37. The number of nitro benzene ring substituents is 1. The summed E-state index contributed by atoms with van der Waals surface area (Å²) in [6, 6.07) is 9.04. The van der Waals surface area contributed by atoms with Gasteiger partial charge in [0.15, 0.2) is 17.3 Å². The fourth-order valence-electron chi connectivity index (χ4n) is 2.14. The molecule has 0 radical (unpaired) electrons. The first kappa shape index (κ1) is 18.7. The van der Waals surface area contributed by atoms with E-state index in [1.54, 1.807) is 19.3 Å². The molecule has 0 unspecified atom stereocenters. The lowest BCUT2D eigenvalue weighted by atomic mass is 10.1. The molecule has 2 aromatic rings. The van der Waals surface area contributed by atoms with Gasteiger partial charge in [-0.15, -0.1) is 0 Å². The second-order valence-electron chi connectivity index (χ2n) is 4.97. The summed E-state index contributed by atoms with van der Waals surface area (Å²) in [5.74, 6) is 0.904. The second-order valence-corrected chi connectivity index (χ2v) is 5.82. The van der Waals surface area contributed by atoms with Gasteiger partial charge in [0.2, 0.25) is 0 Å². The Bertz CT molecular complexity index is 815. The Hall–Kier alpha value is -2.67. The fraction of sp³-hybridized carbons (Fsp3) is 0.167. The van der Waals surface area contributed by atoms with Crippen molar-refractivity contribution in [2.24, 2.45) is 0 Å². The topological polar surface area (TPSA) is 78.7 Å². The molecule has 0 bridgehead atoms. The molecule has 0 saturated heterocycles. The SMILES string of the molecule is CCOc1c(Br)cc(C=CC(=O)c2ccc([N+](=O)[O-])cc2)cc1OC. The number of rotatable bonds is 7. The van der Waals surface area contributed by atoms with Crippen molar-refractivity contribution in [1.29, 1.82) is 0 Å². The molecule has 0 spiro atoms. The number of nitrogens with zero attached hydrogens (tertiary/aromatic N) is 1. The van der Waals surface area contributed by atoms with E-state index in [9.17, 15) is 14.9 Å². The van der Waals surface area contributed by atoms with Crippen molar-refractivity contribution in [2.45, 2.75) is 6.92 Å². The van der Waals surface area contributed by atoms with Gasteiger partial charge in [-0.05, 0) is 58.8 Å². The predicted octanol–water partition coefficient (Wildman–Crippen LogP) is 4.66.